The van der Waals surface area contributed by atoms with Gasteiger partial charge in [-0.15, -0.1) is 0 Å². The van der Waals surface area contributed by atoms with Crippen molar-refractivity contribution in [3.8, 4) is 0 Å². The van der Waals surface area contributed by atoms with Crippen LogP contribution in [-0.4, -0.2) is 18.2 Å². The molecule has 2 aromatic rings. The lowest BCUT2D eigenvalue weighted by Gasteiger charge is -2.05. The summed E-state index contributed by atoms with van der Waals surface area (Å²) in [6, 6.07) is 9.99. The zero-order chi connectivity index (χ0) is 10.5. The van der Waals surface area contributed by atoms with Crippen LogP contribution in [0.5, 0.6) is 0 Å². The lowest BCUT2D eigenvalue weighted by Crippen LogP contribution is -2.16. The summed E-state index contributed by atoms with van der Waals surface area (Å²) in [6.07, 6.45) is 1.78. The average Bonchev–Trinajstić information content (AvgIpc) is 2.30. The summed E-state index contributed by atoms with van der Waals surface area (Å²) >= 11 is 0. The molecule has 1 aromatic carbocycles. The van der Waals surface area contributed by atoms with E-state index in [1.807, 2.05) is 30.3 Å². The fourth-order valence-corrected chi connectivity index (χ4v) is 1.60. The monoisotopic (exact) mass is 204 g/mol. The quantitative estimate of drug-likeness (QED) is 0.773. The van der Waals surface area contributed by atoms with Crippen molar-refractivity contribution in [3.05, 3.63) is 42.1 Å². The molecule has 0 saturated heterocycles. The normalized spacial score (nSPS) is 10.7. The highest BCUT2D eigenvalue weighted by molar-refractivity contribution is 5.81. The van der Waals surface area contributed by atoms with E-state index in [-0.39, 0.29) is 6.67 Å². The van der Waals surface area contributed by atoms with Gasteiger partial charge in [0, 0.05) is 24.7 Å². The molecule has 1 N–H and O–H groups in total. The van der Waals surface area contributed by atoms with E-state index in [9.17, 15) is 4.39 Å². The van der Waals surface area contributed by atoms with Crippen LogP contribution in [-0.2, 0) is 6.54 Å². The number of nitrogens with zero attached hydrogens (tertiary/aromatic N) is 1. The molecule has 0 spiro atoms. The molecule has 2 nitrogen and oxygen atoms in total. The van der Waals surface area contributed by atoms with Gasteiger partial charge in [-0.2, -0.15) is 0 Å². The highest BCUT2D eigenvalue weighted by Gasteiger charge is 2.00. The van der Waals surface area contributed by atoms with Crippen LogP contribution in [0.15, 0.2) is 36.5 Å². The highest BCUT2D eigenvalue weighted by atomic mass is 19.1. The molecule has 0 saturated carbocycles. The number of aromatic nitrogens is 1. The molecule has 0 aliphatic heterocycles. The van der Waals surface area contributed by atoms with E-state index >= 15 is 0 Å². The van der Waals surface area contributed by atoms with Crippen molar-refractivity contribution < 1.29 is 4.39 Å². The van der Waals surface area contributed by atoms with Crippen molar-refractivity contribution in [2.24, 2.45) is 0 Å². The highest BCUT2D eigenvalue weighted by Crippen LogP contribution is 2.15. The molecule has 78 valence electrons. The molecular weight excluding hydrogens is 191 g/mol. The van der Waals surface area contributed by atoms with Crippen molar-refractivity contribution >= 4 is 10.9 Å². The summed E-state index contributed by atoms with van der Waals surface area (Å²) in [6.45, 7) is 0.722. The Kier molecular flexibility index (Phi) is 3.25. The lowest BCUT2D eigenvalue weighted by molar-refractivity contribution is 0.467. The van der Waals surface area contributed by atoms with Crippen LogP contribution in [0.2, 0.25) is 0 Å². The Labute approximate surface area is 88.1 Å². The van der Waals surface area contributed by atoms with Crippen LogP contribution in [0.1, 0.15) is 5.56 Å². The van der Waals surface area contributed by atoms with Crippen molar-refractivity contribution in [2.75, 3.05) is 13.2 Å². The first-order valence-electron chi connectivity index (χ1n) is 5.01. The molecule has 0 aliphatic carbocycles. The zero-order valence-corrected chi connectivity index (χ0v) is 8.41. The molecule has 15 heavy (non-hydrogen) atoms. The van der Waals surface area contributed by atoms with Gasteiger partial charge < -0.3 is 5.32 Å². The first kappa shape index (κ1) is 10.1. The van der Waals surface area contributed by atoms with Crippen molar-refractivity contribution in [1.82, 2.24) is 10.3 Å². The summed E-state index contributed by atoms with van der Waals surface area (Å²) < 4.78 is 11.9. The van der Waals surface area contributed by atoms with Gasteiger partial charge >= 0.3 is 0 Å². The van der Waals surface area contributed by atoms with E-state index in [1.54, 1.807) is 6.20 Å². The number of pyridine rings is 1. The van der Waals surface area contributed by atoms with Crippen molar-refractivity contribution in [2.45, 2.75) is 6.54 Å². The minimum atomic E-state index is -0.335. The van der Waals surface area contributed by atoms with Crippen LogP contribution in [0.25, 0.3) is 10.9 Å². The first-order chi connectivity index (χ1) is 7.42. The maximum absolute atomic E-state index is 11.9. The number of halogens is 1. The van der Waals surface area contributed by atoms with E-state index in [0.29, 0.717) is 13.1 Å². The molecule has 0 amide bonds. The standard InChI is InChI=1S/C12H13FN2/c13-6-8-14-9-11-4-1-3-10-5-2-7-15-12(10)11/h1-5,7,14H,6,8-9H2. The van der Waals surface area contributed by atoms with E-state index in [4.69, 9.17) is 0 Å². The van der Waals surface area contributed by atoms with E-state index < -0.39 is 0 Å². The van der Waals surface area contributed by atoms with Crippen molar-refractivity contribution in [3.63, 3.8) is 0 Å². The van der Waals surface area contributed by atoms with Crippen LogP contribution >= 0.6 is 0 Å². The second-order valence-corrected chi connectivity index (χ2v) is 3.36. The van der Waals surface area contributed by atoms with Gasteiger partial charge in [0.25, 0.3) is 0 Å². The summed E-state index contributed by atoms with van der Waals surface area (Å²) in [4.78, 5) is 4.33. The third-order valence-corrected chi connectivity index (χ3v) is 2.30. The Hall–Kier alpha value is -1.48. The molecule has 1 heterocycles. The second kappa shape index (κ2) is 4.84. The van der Waals surface area contributed by atoms with Gasteiger partial charge in [-0.25, -0.2) is 4.39 Å². The molecule has 1 aromatic heterocycles. The summed E-state index contributed by atoms with van der Waals surface area (Å²) in [5.74, 6) is 0. The van der Waals surface area contributed by atoms with Crippen LogP contribution in [0.4, 0.5) is 4.39 Å². The number of fused-ring (bicyclic) bond motifs is 1. The number of para-hydroxylation sites is 1. The van der Waals surface area contributed by atoms with Gasteiger partial charge in [-0.05, 0) is 11.6 Å². The van der Waals surface area contributed by atoms with Crippen molar-refractivity contribution in [1.29, 1.82) is 0 Å². The Morgan fingerprint density at radius 2 is 2.07 bits per heavy atom. The number of nitrogens with one attached hydrogen (secondary N) is 1. The Morgan fingerprint density at radius 1 is 1.20 bits per heavy atom. The van der Waals surface area contributed by atoms with Gasteiger partial charge in [-0.3, -0.25) is 4.98 Å². The number of benzene rings is 1. The third kappa shape index (κ3) is 2.30. The van der Waals surface area contributed by atoms with Gasteiger partial charge in [0.15, 0.2) is 0 Å². The minimum absolute atomic E-state index is 0.335. The molecule has 0 bridgehead atoms. The topological polar surface area (TPSA) is 24.9 Å². The molecule has 2 rings (SSSR count). The van der Waals surface area contributed by atoms with Gasteiger partial charge in [0.05, 0.1) is 5.52 Å². The molecule has 0 fully saturated rings. The van der Waals surface area contributed by atoms with E-state index in [1.165, 1.54) is 0 Å². The molecule has 0 atom stereocenters. The predicted molar refractivity (Wildman–Crippen MR) is 59.4 cm³/mol. The third-order valence-electron chi connectivity index (χ3n) is 2.30. The number of rotatable bonds is 4. The summed E-state index contributed by atoms with van der Waals surface area (Å²) in [5.41, 5.74) is 2.10. The molecule has 0 radical (unpaired) electrons. The maximum Gasteiger partial charge on any atom is 0.102 e. The number of hydrogen-bond acceptors (Lipinski definition) is 2. The summed E-state index contributed by atoms with van der Waals surface area (Å²) in [7, 11) is 0. The Bertz CT molecular complexity index is 437. The SMILES string of the molecule is FCCNCc1cccc2cccnc12. The second-order valence-electron chi connectivity index (χ2n) is 3.36. The molecular formula is C12H13FN2. The van der Waals surface area contributed by atoms with Crippen LogP contribution in [0, 0.1) is 0 Å². The van der Waals surface area contributed by atoms with E-state index in [0.717, 1.165) is 16.5 Å². The molecule has 3 heteroatoms. The lowest BCUT2D eigenvalue weighted by atomic mass is 10.1. The predicted octanol–water partition coefficient (Wildman–Crippen LogP) is 2.29. The minimum Gasteiger partial charge on any atom is -0.310 e. The summed E-state index contributed by atoms with van der Waals surface area (Å²) in [5, 5.41) is 4.15. The van der Waals surface area contributed by atoms with E-state index in [2.05, 4.69) is 10.3 Å². The molecule has 0 unspecified atom stereocenters. The fraction of sp³-hybridized carbons (Fsp3) is 0.250. The first-order valence-corrected chi connectivity index (χ1v) is 5.01. The largest absolute Gasteiger partial charge is 0.310 e. The van der Waals surface area contributed by atoms with Gasteiger partial charge in [0.1, 0.15) is 6.67 Å². The van der Waals surface area contributed by atoms with Crippen LogP contribution < -0.4 is 5.32 Å². The fourth-order valence-electron chi connectivity index (χ4n) is 1.60. The van der Waals surface area contributed by atoms with Gasteiger partial charge in [-0.1, -0.05) is 24.3 Å². The average molecular weight is 204 g/mol. The Morgan fingerprint density at radius 3 is 2.93 bits per heavy atom. The zero-order valence-electron chi connectivity index (χ0n) is 8.41. The van der Waals surface area contributed by atoms with Crippen LogP contribution in [0.3, 0.4) is 0 Å². The maximum atomic E-state index is 11.9. The Balaban J connectivity index is 2.26. The smallest absolute Gasteiger partial charge is 0.102 e. The number of hydrogen-bond donors (Lipinski definition) is 1. The number of alkyl halides is 1. The van der Waals surface area contributed by atoms with Gasteiger partial charge in [0.2, 0.25) is 0 Å². The molecule has 0 aliphatic rings.